The van der Waals surface area contributed by atoms with Gasteiger partial charge in [-0.2, -0.15) is 0 Å². The second-order valence-electron chi connectivity index (χ2n) is 5.50. The van der Waals surface area contributed by atoms with Gasteiger partial charge in [0.05, 0.1) is 0 Å². The number of hydrogen-bond acceptors (Lipinski definition) is 2. The van der Waals surface area contributed by atoms with E-state index in [1.165, 1.54) is 0 Å². The molecule has 2 aliphatic rings. The molecule has 4 nitrogen and oxygen atoms in total. The summed E-state index contributed by atoms with van der Waals surface area (Å²) in [4.78, 5) is 25.6. The van der Waals surface area contributed by atoms with Gasteiger partial charge in [0.1, 0.15) is 12.1 Å². The highest BCUT2D eigenvalue weighted by Crippen LogP contribution is 2.29. The van der Waals surface area contributed by atoms with Gasteiger partial charge in [-0.15, -0.1) is 0 Å². The zero-order chi connectivity index (χ0) is 11.2. The molecule has 2 amide bonds. The van der Waals surface area contributed by atoms with Crippen molar-refractivity contribution in [2.24, 2.45) is 5.41 Å². The molecule has 2 atom stereocenters. The highest BCUT2D eigenvalue weighted by Gasteiger charge is 2.46. The quantitative estimate of drug-likeness (QED) is 0.633. The number of nitrogens with zero attached hydrogens (tertiary/aromatic N) is 1. The Morgan fingerprint density at radius 1 is 1.33 bits per heavy atom. The molecule has 0 aromatic carbocycles. The van der Waals surface area contributed by atoms with Crippen LogP contribution in [0.3, 0.4) is 0 Å². The zero-order valence-electron chi connectivity index (χ0n) is 9.54. The highest BCUT2D eigenvalue weighted by molar-refractivity contribution is 5.97. The van der Waals surface area contributed by atoms with E-state index in [1.807, 2.05) is 20.8 Å². The molecule has 2 rings (SSSR count). The number of hydrogen-bond donors (Lipinski definition) is 1. The first-order chi connectivity index (χ1) is 6.91. The van der Waals surface area contributed by atoms with Crippen LogP contribution < -0.4 is 5.32 Å². The lowest BCUT2D eigenvalue weighted by atomic mass is 9.84. The fourth-order valence-electron chi connectivity index (χ4n) is 2.36. The number of carbonyl (C=O) groups is 2. The van der Waals surface area contributed by atoms with Gasteiger partial charge < -0.3 is 10.2 Å². The number of piperazine rings is 1. The molecule has 0 bridgehead atoms. The van der Waals surface area contributed by atoms with Crippen molar-refractivity contribution < 1.29 is 9.59 Å². The molecule has 2 heterocycles. The summed E-state index contributed by atoms with van der Waals surface area (Å²) in [6, 6.07) is -0.560. The standard InChI is InChI=1S/C11H18N2O2/c1-11(2,3)8-10(15)13-6-4-5-7(13)9(14)12-8/h7-8H,4-6H2,1-3H3,(H,12,14)/t7-,8-/m1/s1. The maximum atomic E-state index is 12.1. The Balaban J connectivity index is 2.25. The molecule has 2 saturated heterocycles. The Hall–Kier alpha value is -1.06. The summed E-state index contributed by atoms with van der Waals surface area (Å²) < 4.78 is 0. The fraction of sp³-hybridized carbons (Fsp3) is 0.818. The smallest absolute Gasteiger partial charge is 0.246 e. The molecule has 0 aromatic rings. The average molecular weight is 210 g/mol. The number of amides is 2. The summed E-state index contributed by atoms with van der Waals surface area (Å²) in [5, 5.41) is 2.85. The molecule has 4 heteroatoms. The minimum Gasteiger partial charge on any atom is -0.342 e. The van der Waals surface area contributed by atoms with Gasteiger partial charge in [0.25, 0.3) is 0 Å². The summed E-state index contributed by atoms with van der Waals surface area (Å²) in [7, 11) is 0. The minimum absolute atomic E-state index is 0.0204. The Morgan fingerprint density at radius 2 is 2.00 bits per heavy atom. The molecule has 1 N–H and O–H groups in total. The van der Waals surface area contributed by atoms with Crippen molar-refractivity contribution in [3.8, 4) is 0 Å². The van der Waals surface area contributed by atoms with Gasteiger partial charge in [-0.05, 0) is 18.3 Å². The monoisotopic (exact) mass is 210 g/mol. The predicted molar refractivity (Wildman–Crippen MR) is 56.1 cm³/mol. The first-order valence-electron chi connectivity index (χ1n) is 5.52. The molecule has 0 spiro atoms. The average Bonchev–Trinajstić information content (AvgIpc) is 2.58. The SMILES string of the molecule is CC(C)(C)[C@@H]1NC(=O)[C@H]2CCCN2C1=O. The lowest BCUT2D eigenvalue weighted by molar-refractivity contribution is -0.150. The summed E-state index contributed by atoms with van der Waals surface area (Å²) in [6.45, 7) is 6.67. The zero-order valence-corrected chi connectivity index (χ0v) is 9.54. The van der Waals surface area contributed by atoms with Crippen molar-refractivity contribution in [1.82, 2.24) is 10.2 Å². The van der Waals surface area contributed by atoms with Crippen molar-refractivity contribution >= 4 is 11.8 Å². The van der Waals surface area contributed by atoms with Gasteiger partial charge in [0.15, 0.2) is 0 Å². The molecular formula is C11H18N2O2. The van der Waals surface area contributed by atoms with E-state index in [4.69, 9.17) is 0 Å². The van der Waals surface area contributed by atoms with Gasteiger partial charge in [0, 0.05) is 6.54 Å². The lowest BCUT2D eigenvalue weighted by Gasteiger charge is -2.40. The van der Waals surface area contributed by atoms with E-state index in [0.29, 0.717) is 0 Å². The van der Waals surface area contributed by atoms with E-state index in [1.54, 1.807) is 4.90 Å². The van der Waals surface area contributed by atoms with Gasteiger partial charge in [0.2, 0.25) is 11.8 Å². The van der Waals surface area contributed by atoms with Crippen LogP contribution in [-0.2, 0) is 9.59 Å². The molecule has 2 aliphatic heterocycles. The molecule has 0 aromatic heterocycles. The maximum Gasteiger partial charge on any atom is 0.246 e. The maximum absolute atomic E-state index is 12.1. The second kappa shape index (κ2) is 3.22. The largest absolute Gasteiger partial charge is 0.342 e. The fourth-order valence-corrected chi connectivity index (χ4v) is 2.36. The minimum atomic E-state index is -0.362. The van der Waals surface area contributed by atoms with E-state index >= 15 is 0 Å². The summed E-state index contributed by atoms with van der Waals surface area (Å²) in [5.41, 5.74) is -0.208. The number of nitrogens with one attached hydrogen (secondary N) is 1. The van der Waals surface area contributed by atoms with E-state index in [9.17, 15) is 9.59 Å². The number of carbonyl (C=O) groups excluding carboxylic acids is 2. The Morgan fingerprint density at radius 3 is 2.60 bits per heavy atom. The van der Waals surface area contributed by atoms with Crippen LogP contribution in [0.1, 0.15) is 33.6 Å². The molecule has 0 aliphatic carbocycles. The van der Waals surface area contributed by atoms with Crippen LogP contribution in [0.5, 0.6) is 0 Å². The number of rotatable bonds is 0. The Kier molecular flexibility index (Phi) is 2.24. The molecular weight excluding hydrogens is 192 g/mol. The normalized spacial score (nSPS) is 31.5. The van der Waals surface area contributed by atoms with Crippen molar-refractivity contribution in [2.75, 3.05) is 6.54 Å². The van der Waals surface area contributed by atoms with E-state index < -0.39 is 0 Å². The van der Waals surface area contributed by atoms with E-state index in [-0.39, 0.29) is 29.3 Å². The Bertz CT molecular complexity index is 306. The molecule has 2 fully saturated rings. The highest BCUT2D eigenvalue weighted by atomic mass is 16.2. The molecule has 15 heavy (non-hydrogen) atoms. The van der Waals surface area contributed by atoms with E-state index in [2.05, 4.69) is 5.32 Å². The van der Waals surface area contributed by atoms with Gasteiger partial charge in [-0.1, -0.05) is 20.8 Å². The predicted octanol–water partition coefficient (Wildman–Crippen LogP) is 0.522. The van der Waals surface area contributed by atoms with Crippen molar-refractivity contribution in [3.63, 3.8) is 0 Å². The molecule has 0 radical (unpaired) electrons. The van der Waals surface area contributed by atoms with Gasteiger partial charge in [-0.25, -0.2) is 0 Å². The van der Waals surface area contributed by atoms with E-state index in [0.717, 1.165) is 19.4 Å². The van der Waals surface area contributed by atoms with Crippen molar-refractivity contribution in [1.29, 1.82) is 0 Å². The van der Waals surface area contributed by atoms with Crippen molar-refractivity contribution in [2.45, 2.75) is 45.7 Å². The third-order valence-corrected chi connectivity index (χ3v) is 3.24. The van der Waals surface area contributed by atoms with Crippen LogP contribution in [0, 0.1) is 5.41 Å². The van der Waals surface area contributed by atoms with Crippen molar-refractivity contribution in [3.05, 3.63) is 0 Å². The van der Waals surface area contributed by atoms with Crippen LogP contribution in [0.2, 0.25) is 0 Å². The first-order valence-corrected chi connectivity index (χ1v) is 5.52. The Labute approximate surface area is 90.0 Å². The summed E-state index contributed by atoms with van der Waals surface area (Å²) in [5.74, 6) is 0.108. The van der Waals surface area contributed by atoms with Gasteiger partial charge >= 0.3 is 0 Å². The molecule has 0 saturated carbocycles. The number of fused-ring (bicyclic) bond motifs is 1. The first kappa shape index (κ1) is 10.5. The van der Waals surface area contributed by atoms with Crippen LogP contribution in [-0.4, -0.2) is 35.3 Å². The van der Waals surface area contributed by atoms with Crippen LogP contribution in [0.15, 0.2) is 0 Å². The topological polar surface area (TPSA) is 49.4 Å². The molecule has 0 unspecified atom stereocenters. The van der Waals surface area contributed by atoms with Crippen LogP contribution >= 0.6 is 0 Å². The summed E-state index contributed by atoms with van der Waals surface area (Å²) >= 11 is 0. The summed E-state index contributed by atoms with van der Waals surface area (Å²) in [6.07, 6.45) is 1.76. The molecule has 84 valence electrons. The second-order valence-corrected chi connectivity index (χ2v) is 5.50. The van der Waals surface area contributed by atoms with Gasteiger partial charge in [-0.3, -0.25) is 9.59 Å². The lowest BCUT2D eigenvalue weighted by Crippen LogP contribution is -2.64. The third-order valence-electron chi connectivity index (χ3n) is 3.24. The van der Waals surface area contributed by atoms with Crippen LogP contribution in [0.25, 0.3) is 0 Å². The third kappa shape index (κ3) is 1.62. The van der Waals surface area contributed by atoms with Crippen LogP contribution in [0.4, 0.5) is 0 Å².